The minimum absolute atomic E-state index is 0.0309. The summed E-state index contributed by atoms with van der Waals surface area (Å²) in [4.78, 5) is 27.6. The first-order chi connectivity index (χ1) is 32.9. The van der Waals surface area contributed by atoms with E-state index in [4.69, 9.17) is 51.8 Å². The van der Waals surface area contributed by atoms with Crippen LogP contribution >= 0.6 is 0 Å². The number of ether oxygens (including phenoxy) is 10. The van der Waals surface area contributed by atoms with Crippen molar-refractivity contribution in [3.8, 4) is 57.3 Å². The molecule has 69 heavy (non-hydrogen) atoms. The van der Waals surface area contributed by atoms with Gasteiger partial charge in [0.2, 0.25) is 23.2 Å². The maximum absolute atomic E-state index is 14.6. The fraction of sp³-hybridized carbons (Fsp3) is 0.455. The van der Waals surface area contributed by atoms with Crippen molar-refractivity contribution in [2.24, 2.45) is 0 Å². The Labute approximate surface area is 389 Å². The van der Waals surface area contributed by atoms with E-state index in [-0.39, 0.29) is 28.6 Å². The third kappa shape index (κ3) is 10.0. The molecule has 0 amide bonds. The standard InChI is InChI=1S/C44H50O25/c1-59-22-10-17(4-7-19(22)47)5-9-27(50)67-38-33(55)29(51)25(13-45)65-41(38)62-14-26-30(52)34(56)39(69-43-40(57)44(58,15-46)16-63-43)42(66-26)68-37-32(54)28-24(12-21(49)36(61-3)31(28)53)64-35(37)18-6-8-20(48)23(11-18)60-2/h4-12,25-26,29-30,33-34,38-43,45-49,51-53,55-58H,13-16H2,1-3H3. The van der Waals surface area contributed by atoms with Crippen molar-refractivity contribution in [1.29, 1.82) is 0 Å². The van der Waals surface area contributed by atoms with Crippen LogP contribution in [0.3, 0.4) is 0 Å². The highest BCUT2D eigenvalue weighted by Gasteiger charge is 2.55. The van der Waals surface area contributed by atoms with E-state index in [1.54, 1.807) is 0 Å². The lowest BCUT2D eigenvalue weighted by Crippen LogP contribution is -2.64. The quantitative estimate of drug-likeness (QED) is 0.0428. The van der Waals surface area contributed by atoms with E-state index in [0.29, 0.717) is 5.56 Å². The van der Waals surface area contributed by atoms with Crippen LogP contribution in [0.4, 0.5) is 0 Å². The molecular formula is C44H50O25. The number of carbonyl (C=O) groups is 1. The molecule has 12 N–H and O–H groups in total. The first kappa shape index (κ1) is 50.8. The monoisotopic (exact) mass is 978 g/mol. The predicted octanol–water partition coefficient (Wildman–Crippen LogP) is -1.96. The summed E-state index contributed by atoms with van der Waals surface area (Å²) in [6.07, 6.45) is -20.8. The number of phenolic OH excluding ortho intramolecular Hbond substituents is 4. The summed E-state index contributed by atoms with van der Waals surface area (Å²) in [6, 6.07) is 8.76. The van der Waals surface area contributed by atoms with Gasteiger partial charge in [-0.3, -0.25) is 4.79 Å². The molecule has 3 aromatic carbocycles. The molecule has 4 aromatic rings. The second-order valence-electron chi connectivity index (χ2n) is 16.0. The van der Waals surface area contributed by atoms with Crippen LogP contribution in [0, 0.1) is 0 Å². The van der Waals surface area contributed by atoms with Gasteiger partial charge in [-0.1, -0.05) is 6.07 Å². The average molecular weight is 979 g/mol. The predicted molar refractivity (Wildman–Crippen MR) is 227 cm³/mol. The van der Waals surface area contributed by atoms with Gasteiger partial charge >= 0.3 is 5.97 Å². The van der Waals surface area contributed by atoms with Crippen LogP contribution in [0.15, 0.2) is 57.8 Å². The van der Waals surface area contributed by atoms with Gasteiger partial charge in [-0.15, -0.1) is 0 Å². The Bertz CT molecular complexity index is 2560. The molecule has 1 aromatic heterocycles. The first-order valence-corrected chi connectivity index (χ1v) is 20.8. The van der Waals surface area contributed by atoms with Crippen LogP contribution in [-0.4, -0.2) is 194 Å². The Morgan fingerprint density at radius 1 is 0.768 bits per heavy atom. The van der Waals surface area contributed by atoms with E-state index in [1.807, 2.05) is 0 Å². The van der Waals surface area contributed by atoms with Crippen molar-refractivity contribution >= 4 is 23.0 Å². The van der Waals surface area contributed by atoms with Gasteiger partial charge in [-0.2, -0.15) is 0 Å². The van der Waals surface area contributed by atoms with E-state index in [9.17, 15) is 70.9 Å². The smallest absolute Gasteiger partial charge is 0.331 e. The zero-order valence-electron chi connectivity index (χ0n) is 36.6. The number of benzene rings is 3. The Kier molecular flexibility index (Phi) is 15.4. The molecule has 0 saturated carbocycles. The summed E-state index contributed by atoms with van der Waals surface area (Å²) in [7, 11) is 3.63. The molecular weight excluding hydrogens is 928 g/mol. The van der Waals surface area contributed by atoms with Gasteiger partial charge in [0.25, 0.3) is 0 Å². The molecule has 0 bridgehead atoms. The van der Waals surface area contributed by atoms with Gasteiger partial charge in [-0.05, 0) is 42.0 Å². The van der Waals surface area contributed by atoms with Gasteiger partial charge in [-0.25, -0.2) is 4.79 Å². The lowest BCUT2D eigenvalue weighted by Gasteiger charge is -2.44. The van der Waals surface area contributed by atoms with E-state index >= 15 is 0 Å². The third-order valence-electron chi connectivity index (χ3n) is 11.6. The molecule has 13 unspecified atom stereocenters. The highest BCUT2D eigenvalue weighted by molar-refractivity contribution is 5.91. The molecule has 25 heteroatoms. The Morgan fingerprint density at radius 3 is 2.07 bits per heavy atom. The Morgan fingerprint density at radius 2 is 1.42 bits per heavy atom. The molecule has 376 valence electrons. The summed E-state index contributed by atoms with van der Waals surface area (Å²) in [6.45, 7) is -3.43. The van der Waals surface area contributed by atoms with Gasteiger partial charge in [0.1, 0.15) is 59.3 Å². The van der Waals surface area contributed by atoms with Crippen LogP contribution in [0.25, 0.3) is 28.4 Å². The van der Waals surface area contributed by atoms with Gasteiger partial charge in [0, 0.05) is 17.7 Å². The fourth-order valence-electron chi connectivity index (χ4n) is 7.71. The maximum atomic E-state index is 14.6. The van der Waals surface area contributed by atoms with Crippen molar-refractivity contribution < 1.29 is 118 Å². The van der Waals surface area contributed by atoms with Crippen molar-refractivity contribution in [1.82, 2.24) is 0 Å². The lowest BCUT2D eigenvalue weighted by atomic mass is 9.97. The molecule has 3 aliphatic heterocycles. The summed E-state index contributed by atoms with van der Waals surface area (Å²) in [5.74, 6) is -5.03. The van der Waals surface area contributed by atoms with Crippen LogP contribution in [0.5, 0.6) is 46.0 Å². The normalized spacial score (nSPS) is 30.4. The van der Waals surface area contributed by atoms with E-state index < -0.39 is 157 Å². The summed E-state index contributed by atoms with van der Waals surface area (Å²) in [5, 5.41) is 128. The third-order valence-corrected chi connectivity index (χ3v) is 11.6. The fourth-order valence-corrected chi connectivity index (χ4v) is 7.71. The Balaban J connectivity index is 1.24. The van der Waals surface area contributed by atoms with Crippen molar-refractivity contribution in [2.45, 2.75) is 79.4 Å². The topological polar surface area (TPSA) is 382 Å². The molecule has 13 atom stereocenters. The highest BCUT2D eigenvalue weighted by atomic mass is 16.8. The molecule has 7 rings (SSSR count). The van der Waals surface area contributed by atoms with E-state index in [0.717, 1.165) is 19.3 Å². The van der Waals surface area contributed by atoms with E-state index in [1.165, 1.54) is 56.7 Å². The number of rotatable bonds is 16. The summed E-state index contributed by atoms with van der Waals surface area (Å²) in [5.41, 5.74) is -3.50. The second-order valence-corrected chi connectivity index (χ2v) is 16.0. The number of hydrogen-bond donors (Lipinski definition) is 12. The van der Waals surface area contributed by atoms with Crippen molar-refractivity contribution in [2.75, 3.05) is 47.8 Å². The van der Waals surface area contributed by atoms with Crippen LogP contribution in [-0.2, 0) is 33.2 Å². The summed E-state index contributed by atoms with van der Waals surface area (Å²) < 4.78 is 61.8. The zero-order valence-corrected chi connectivity index (χ0v) is 36.6. The van der Waals surface area contributed by atoms with Crippen molar-refractivity contribution in [3.63, 3.8) is 0 Å². The average Bonchev–Trinajstić information content (AvgIpc) is 3.62. The highest BCUT2D eigenvalue weighted by Crippen LogP contribution is 2.45. The number of fused-ring (bicyclic) bond motifs is 1. The second kappa shape index (κ2) is 20.9. The minimum Gasteiger partial charge on any atom is -0.504 e. The number of carbonyl (C=O) groups excluding carboxylic acids is 1. The lowest BCUT2D eigenvalue weighted by molar-refractivity contribution is -0.338. The molecule has 25 nitrogen and oxygen atoms in total. The minimum atomic E-state index is -2.26. The number of hydrogen-bond acceptors (Lipinski definition) is 25. The molecule has 3 aliphatic rings. The molecule has 0 aliphatic carbocycles. The number of aliphatic hydroxyl groups excluding tert-OH is 7. The SMILES string of the molecule is COc1cc(C=CC(=O)OC2C(OCC3OC(Oc4c(-c5ccc(O)c(OC)c5)oc5cc(O)c(OC)c(O)c5c4=O)C(OC4OCC(O)(CO)C4O)C(O)C3O)OC(CO)C(O)C2O)ccc1O. The first-order valence-electron chi connectivity index (χ1n) is 20.8. The Hall–Kier alpha value is -6.04. The summed E-state index contributed by atoms with van der Waals surface area (Å²) >= 11 is 0. The van der Waals surface area contributed by atoms with Gasteiger partial charge in [0.05, 0.1) is 47.8 Å². The number of aromatic hydroxyl groups is 4. The molecule has 0 spiro atoms. The van der Waals surface area contributed by atoms with Crippen LogP contribution in [0.1, 0.15) is 5.56 Å². The number of phenols is 4. The van der Waals surface area contributed by atoms with Crippen molar-refractivity contribution in [3.05, 3.63) is 64.3 Å². The molecule has 4 heterocycles. The number of aliphatic hydroxyl groups is 8. The molecule has 0 radical (unpaired) electrons. The van der Waals surface area contributed by atoms with Gasteiger partial charge < -0.3 is 113 Å². The zero-order chi connectivity index (χ0) is 50.1. The van der Waals surface area contributed by atoms with Crippen LogP contribution < -0.4 is 24.4 Å². The van der Waals surface area contributed by atoms with Gasteiger partial charge in [0.15, 0.2) is 65.0 Å². The number of esters is 1. The molecule has 3 fully saturated rings. The molecule has 3 saturated heterocycles. The maximum Gasteiger partial charge on any atom is 0.331 e. The van der Waals surface area contributed by atoms with E-state index in [2.05, 4.69) is 0 Å². The van der Waals surface area contributed by atoms with Crippen LogP contribution in [0.2, 0.25) is 0 Å². The largest absolute Gasteiger partial charge is 0.504 e. The number of methoxy groups -OCH3 is 3.